The third kappa shape index (κ3) is 4.14. The fourth-order valence-electron chi connectivity index (χ4n) is 3.19. The van der Waals surface area contributed by atoms with Crippen LogP contribution >= 0.6 is 11.6 Å². The third-order valence-corrected chi connectivity index (χ3v) is 4.78. The topological polar surface area (TPSA) is 29.1 Å². The van der Waals surface area contributed by atoms with E-state index in [0.29, 0.717) is 11.4 Å². The molecule has 0 spiro atoms. The molecule has 1 N–H and O–H groups in total. The predicted molar refractivity (Wildman–Crippen MR) is 94.8 cm³/mol. The van der Waals surface area contributed by atoms with Crippen molar-refractivity contribution in [1.82, 2.24) is 5.32 Å². The van der Waals surface area contributed by atoms with Crippen molar-refractivity contribution in [2.24, 2.45) is 0 Å². The van der Waals surface area contributed by atoms with Crippen LogP contribution in [0.3, 0.4) is 0 Å². The van der Waals surface area contributed by atoms with E-state index in [1.54, 1.807) is 0 Å². The Morgan fingerprint density at radius 3 is 2.52 bits per heavy atom. The summed E-state index contributed by atoms with van der Waals surface area (Å²) in [7, 11) is 0. The standard InChI is InChI=1S/C20H22ClNO/c1-14(17-9-8-16-4-2-3-5-18(16)13-17)22-20(23)12-15-6-10-19(21)11-7-15/h6-11,13-14H,2-5,12H2,1H3,(H,22,23)/t14-/m1/s1. The summed E-state index contributed by atoms with van der Waals surface area (Å²) in [4.78, 5) is 12.2. The molecule has 0 saturated carbocycles. The highest BCUT2D eigenvalue weighted by Crippen LogP contribution is 2.24. The summed E-state index contributed by atoms with van der Waals surface area (Å²) in [6.45, 7) is 2.05. The zero-order valence-electron chi connectivity index (χ0n) is 13.4. The zero-order chi connectivity index (χ0) is 16.2. The number of rotatable bonds is 4. The van der Waals surface area contributed by atoms with Gasteiger partial charge in [0.15, 0.2) is 0 Å². The first-order valence-electron chi connectivity index (χ1n) is 8.27. The van der Waals surface area contributed by atoms with E-state index in [0.717, 1.165) is 12.0 Å². The zero-order valence-corrected chi connectivity index (χ0v) is 14.2. The lowest BCUT2D eigenvalue weighted by molar-refractivity contribution is -0.121. The van der Waals surface area contributed by atoms with Gasteiger partial charge in [-0.3, -0.25) is 4.79 Å². The number of benzene rings is 2. The number of nitrogens with one attached hydrogen (secondary N) is 1. The molecule has 23 heavy (non-hydrogen) atoms. The Bertz CT molecular complexity index is 693. The minimum atomic E-state index is 0.0297. The van der Waals surface area contributed by atoms with E-state index in [4.69, 9.17) is 11.6 Å². The summed E-state index contributed by atoms with van der Waals surface area (Å²) >= 11 is 5.87. The molecule has 1 aliphatic carbocycles. The number of carbonyl (C=O) groups excluding carboxylic acids is 1. The van der Waals surface area contributed by atoms with Gasteiger partial charge in [0, 0.05) is 5.02 Å². The monoisotopic (exact) mass is 327 g/mol. The van der Waals surface area contributed by atoms with Gasteiger partial charge in [-0.25, -0.2) is 0 Å². The van der Waals surface area contributed by atoms with Crippen molar-refractivity contribution in [3.8, 4) is 0 Å². The summed E-state index contributed by atoms with van der Waals surface area (Å²) in [5, 5.41) is 3.79. The van der Waals surface area contributed by atoms with Crippen molar-refractivity contribution in [3.63, 3.8) is 0 Å². The highest BCUT2D eigenvalue weighted by Gasteiger charge is 2.14. The molecule has 0 unspecified atom stereocenters. The Labute approximate surface area is 142 Å². The number of carbonyl (C=O) groups is 1. The maximum Gasteiger partial charge on any atom is 0.224 e. The fraction of sp³-hybridized carbons (Fsp3) is 0.350. The summed E-state index contributed by atoms with van der Waals surface area (Å²) < 4.78 is 0. The van der Waals surface area contributed by atoms with E-state index in [2.05, 4.69) is 23.5 Å². The maximum absolute atomic E-state index is 12.2. The average molecular weight is 328 g/mol. The van der Waals surface area contributed by atoms with Crippen LogP contribution in [-0.4, -0.2) is 5.91 Å². The smallest absolute Gasteiger partial charge is 0.224 e. The number of hydrogen-bond donors (Lipinski definition) is 1. The van der Waals surface area contributed by atoms with E-state index < -0.39 is 0 Å². The van der Waals surface area contributed by atoms with Crippen molar-refractivity contribution in [2.75, 3.05) is 0 Å². The van der Waals surface area contributed by atoms with E-state index in [1.165, 1.54) is 36.0 Å². The predicted octanol–water partition coefficient (Wildman–Crippen LogP) is 4.64. The molecule has 3 rings (SSSR count). The number of halogens is 1. The highest BCUT2D eigenvalue weighted by atomic mass is 35.5. The van der Waals surface area contributed by atoms with Crippen LogP contribution in [0, 0.1) is 0 Å². The molecule has 120 valence electrons. The molecular formula is C20H22ClNO. The minimum absolute atomic E-state index is 0.0297. The van der Waals surface area contributed by atoms with Gasteiger partial charge >= 0.3 is 0 Å². The van der Waals surface area contributed by atoms with Crippen molar-refractivity contribution in [3.05, 3.63) is 69.7 Å². The second-order valence-corrected chi connectivity index (χ2v) is 6.76. The lowest BCUT2D eigenvalue weighted by Gasteiger charge is -2.20. The molecular weight excluding hydrogens is 306 g/mol. The van der Waals surface area contributed by atoms with Crippen molar-refractivity contribution < 1.29 is 4.79 Å². The third-order valence-electron chi connectivity index (χ3n) is 4.53. The molecule has 1 amide bonds. The molecule has 0 aliphatic heterocycles. The van der Waals surface area contributed by atoms with Gasteiger partial charge < -0.3 is 5.32 Å². The second kappa shape index (κ2) is 7.18. The Hall–Kier alpha value is -1.80. The molecule has 2 nitrogen and oxygen atoms in total. The maximum atomic E-state index is 12.2. The van der Waals surface area contributed by atoms with Crippen molar-refractivity contribution in [2.45, 2.75) is 45.1 Å². The molecule has 3 heteroatoms. The molecule has 1 atom stereocenters. The molecule has 0 aromatic heterocycles. The lowest BCUT2D eigenvalue weighted by Crippen LogP contribution is -2.28. The number of hydrogen-bond acceptors (Lipinski definition) is 1. The van der Waals surface area contributed by atoms with E-state index in [9.17, 15) is 4.79 Å². The lowest BCUT2D eigenvalue weighted by atomic mass is 9.89. The molecule has 0 heterocycles. The van der Waals surface area contributed by atoms with Crippen LogP contribution in [0.15, 0.2) is 42.5 Å². The number of amides is 1. The highest BCUT2D eigenvalue weighted by molar-refractivity contribution is 6.30. The van der Waals surface area contributed by atoms with Crippen LogP contribution in [0.25, 0.3) is 0 Å². The molecule has 0 fully saturated rings. The average Bonchev–Trinajstić information content (AvgIpc) is 2.56. The van der Waals surface area contributed by atoms with E-state index in [-0.39, 0.29) is 11.9 Å². The van der Waals surface area contributed by atoms with Gasteiger partial charge in [0.1, 0.15) is 0 Å². The van der Waals surface area contributed by atoms with Gasteiger partial charge in [-0.2, -0.15) is 0 Å². The summed E-state index contributed by atoms with van der Waals surface area (Å²) in [5.41, 5.74) is 5.09. The largest absolute Gasteiger partial charge is 0.349 e. The van der Waals surface area contributed by atoms with Gasteiger partial charge in [0.05, 0.1) is 12.5 Å². The van der Waals surface area contributed by atoms with Gasteiger partial charge in [-0.15, -0.1) is 0 Å². The SMILES string of the molecule is C[C@@H](NC(=O)Cc1ccc(Cl)cc1)c1ccc2c(c1)CCCC2. The Balaban J connectivity index is 1.63. The normalized spacial score (nSPS) is 14.9. The number of aryl methyl sites for hydroxylation is 2. The van der Waals surface area contributed by atoms with Gasteiger partial charge in [-0.05, 0) is 67.0 Å². The van der Waals surface area contributed by atoms with Gasteiger partial charge in [0.2, 0.25) is 5.91 Å². The van der Waals surface area contributed by atoms with Crippen LogP contribution in [0.2, 0.25) is 5.02 Å². The van der Waals surface area contributed by atoms with E-state index in [1.807, 2.05) is 31.2 Å². The molecule has 1 aliphatic rings. The molecule has 0 saturated heterocycles. The molecule has 0 bridgehead atoms. The first kappa shape index (κ1) is 16.1. The fourth-order valence-corrected chi connectivity index (χ4v) is 3.31. The van der Waals surface area contributed by atoms with Crippen LogP contribution in [0.5, 0.6) is 0 Å². The second-order valence-electron chi connectivity index (χ2n) is 6.33. The van der Waals surface area contributed by atoms with E-state index >= 15 is 0 Å². The van der Waals surface area contributed by atoms with Gasteiger partial charge in [-0.1, -0.05) is 41.9 Å². The van der Waals surface area contributed by atoms with Crippen LogP contribution < -0.4 is 5.32 Å². The quantitative estimate of drug-likeness (QED) is 0.871. The van der Waals surface area contributed by atoms with Crippen LogP contribution in [-0.2, 0) is 24.1 Å². The summed E-state index contributed by atoms with van der Waals surface area (Å²) in [5.74, 6) is 0.0394. The van der Waals surface area contributed by atoms with Crippen molar-refractivity contribution in [1.29, 1.82) is 0 Å². The van der Waals surface area contributed by atoms with Crippen molar-refractivity contribution >= 4 is 17.5 Å². The Morgan fingerprint density at radius 2 is 1.78 bits per heavy atom. The Morgan fingerprint density at radius 1 is 1.09 bits per heavy atom. The summed E-state index contributed by atoms with van der Waals surface area (Å²) in [6.07, 6.45) is 5.29. The van der Waals surface area contributed by atoms with Crippen LogP contribution in [0.1, 0.15) is 48.1 Å². The summed E-state index contributed by atoms with van der Waals surface area (Å²) in [6, 6.07) is 14.1. The van der Waals surface area contributed by atoms with Gasteiger partial charge in [0.25, 0.3) is 0 Å². The number of fused-ring (bicyclic) bond motifs is 1. The minimum Gasteiger partial charge on any atom is -0.349 e. The Kier molecular flexibility index (Phi) is 5.02. The van der Waals surface area contributed by atoms with Crippen LogP contribution in [0.4, 0.5) is 0 Å². The molecule has 2 aromatic rings. The first-order chi connectivity index (χ1) is 11.1. The molecule has 2 aromatic carbocycles. The first-order valence-corrected chi connectivity index (χ1v) is 8.65. The molecule has 0 radical (unpaired) electrons.